The van der Waals surface area contributed by atoms with E-state index in [1.165, 1.54) is 12.1 Å². The number of aliphatic hydroxyl groups excluding tert-OH is 1. The zero-order valence-electron chi connectivity index (χ0n) is 10.00. The molecule has 18 heavy (non-hydrogen) atoms. The molecule has 0 spiro atoms. The normalized spacial score (nSPS) is 13.4. The lowest BCUT2D eigenvalue weighted by Gasteiger charge is -2.13. The molecule has 0 aliphatic heterocycles. The number of hydrogen-bond acceptors (Lipinski definition) is 3. The van der Waals surface area contributed by atoms with Crippen LogP contribution < -0.4 is 10.1 Å². The molecule has 0 radical (unpaired) electrons. The molecule has 0 heterocycles. The number of halogens is 3. The van der Waals surface area contributed by atoms with Crippen LogP contribution in [-0.4, -0.2) is 24.1 Å². The molecule has 1 aromatic carbocycles. The predicted molar refractivity (Wildman–Crippen MR) is 61.1 cm³/mol. The fraction of sp³-hybridized carbons (Fsp3) is 0.500. The lowest BCUT2D eigenvalue weighted by molar-refractivity contribution is -0.274. The predicted octanol–water partition coefficient (Wildman–Crippen LogP) is 2.45. The SMILES string of the molecule is CC(O)CCNCc1ccccc1OC(F)(F)F. The van der Waals surface area contributed by atoms with E-state index >= 15 is 0 Å². The summed E-state index contributed by atoms with van der Waals surface area (Å²) < 4.78 is 40.3. The molecule has 1 atom stereocenters. The maximum atomic E-state index is 12.1. The van der Waals surface area contributed by atoms with Crippen LogP contribution in [0, 0.1) is 0 Å². The van der Waals surface area contributed by atoms with Gasteiger partial charge in [-0.2, -0.15) is 0 Å². The molecule has 0 aliphatic rings. The van der Waals surface area contributed by atoms with Gasteiger partial charge in [0.15, 0.2) is 0 Å². The van der Waals surface area contributed by atoms with Crippen molar-refractivity contribution in [3.8, 4) is 5.75 Å². The molecule has 0 aliphatic carbocycles. The average Bonchev–Trinajstić information content (AvgIpc) is 2.24. The third kappa shape index (κ3) is 5.88. The number of ether oxygens (including phenoxy) is 1. The minimum absolute atomic E-state index is 0.199. The number of para-hydroxylation sites is 1. The van der Waals surface area contributed by atoms with Crippen LogP contribution in [0.5, 0.6) is 5.75 Å². The molecule has 0 fully saturated rings. The van der Waals surface area contributed by atoms with E-state index in [9.17, 15) is 13.2 Å². The molecule has 0 bridgehead atoms. The van der Waals surface area contributed by atoms with Crippen LogP contribution in [0.15, 0.2) is 24.3 Å². The van der Waals surface area contributed by atoms with Crippen LogP contribution in [-0.2, 0) is 6.54 Å². The van der Waals surface area contributed by atoms with Crippen molar-refractivity contribution in [3.05, 3.63) is 29.8 Å². The number of benzene rings is 1. The zero-order valence-corrected chi connectivity index (χ0v) is 10.00. The molecule has 6 heteroatoms. The fourth-order valence-electron chi connectivity index (χ4n) is 1.41. The summed E-state index contributed by atoms with van der Waals surface area (Å²) in [6, 6.07) is 5.98. The maximum absolute atomic E-state index is 12.1. The summed E-state index contributed by atoms with van der Waals surface area (Å²) in [7, 11) is 0. The van der Waals surface area contributed by atoms with E-state index in [0.29, 0.717) is 18.5 Å². The lowest BCUT2D eigenvalue weighted by atomic mass is 10.2. The molecular formula is C12H16F3NO2. The number of hydrogen-bond donors (Lipinski definition) is 2. The quantitative estimate of drug-likeness (QED) is 0.775. The van der Waals surface area contributed by atoms with Gasteiger partial charge < -0.3 is 15.2 Å². The van der Waals surface area contributed by atoms with Gasteiger partial charge in [-0.05, 0) is 26.0 Å². The molecule has 1 unspecified atom stereocenters. The van der Waals surface area contributed by atoms with Gasteiger partial charge in [0.05, 0.1) is 6.10 Å². The van der Waals surface area contributed by atoms with Crippen molar-refractivity contribution in [1.29, 1.82) is 0 Å². The number of aliphatic hydroxyl groups is 1. The molecule has 3 nitrogen and oxygen atoms in total. The molecular weight excluding hydrogens is 247 g/mol. The summed E-state index contributed by atoms with van der Waals surface area (Å²) in [5, 5.41) is 12.0. The second kappa shape index (κ2) is 6.61. The van der Waals surface area contributed by atoms with E-state index < -0.39 is 12.5 Å². The van der Waals surface area contributed by atoms with E-state index in [1.807, 2.05) is 0 Å². The molecule has 1 aromatic rings. The molecule has 0 amide bonds. The summed E-state index contributed by atoms with van der Waals surface area (Å²) in [5.74, 6) is -0.199. The summed E-state index contributed by atoms with van der Waals surface area (Å²) in [6.07, 6.45) is -4.57. The Morgan fingerprint density at radius 3 is 2.61 bits per heavy atom. The second-order valence-electron chi connectivity index (χ2n) is 3.97. The Kier molecular flexibility index (Phi) is 5.43. The van der Waals surface area contributed by atoms with Crippen molar-refractivity contribution in [2.75, 3.05) is 6.54 Å². The second-order valence-corrected chi connectivity index (χ2v) is 3.97. The highest BCUT2D eigenvalue weighted by molar-refractivity contribution is 5.33. The minimum Gasteiger partial charge on any atom is -0.405 e. The highest BCUT2D eigenvalue weighted by atomic mass is 19.4. The molecule has 2 N–H and O–H groups in total. The molecule has 1 rings (SSSR count). The Balaban J connectivity index is 2.54. The fourth-order valence-corrected chi connectivity index (χ4v) is 1.41. The van der Waals surface area contributed by atoms with Crippen molar-refractivity contribution >= 4 is 0 Å². The van der Waals surface area contributed by atoms with Crippen molar-refractivity contribution < 1.29 is 23.0 Å². The Morgan fingerprint density at radius 2 is 2.00 bits per heavy atom. The first-order valence-electron chi connectivity index (χ1n) is 5.61. The number of alkyl halides is 3. The average molecular weight is 263 g/mol. The molecule has 0 saturated heterocycles. The van der Waals surface area contributed by atoms with Crippen LogP contribution in [0.25, 0.3) is 0 Å². The van der Waals surface area contributed by atoms with E-state index in [2.05, 4.69) is 10.1 Å². The smallest absolute Gasteiger partial charge is 0.405 e. The monoisotopic (exact) mass is 263 g/mol. The van der Waals surface area contributed by atoms with Gasteiger partial charge >= 0.3 is 6.36 Å². The van der Waals surface area contributed by atoms with Gasteiger partial charge in [-0.25, -0.2) is 0 Å². The van der Waals surface area contributed by atoms with Gasteiger partial charge in [-0.15, -0.1) is 13.2 Å². The Bertz CT molecular complexity index is 367. The molecule has 0 aromatic heterocycles. The van der Waals surface area contributed by atoms with Gasteiger partial charge in [0.1, 0.15) is 5.75 Å². The number of nitrogens with one attached hydrogen (secondary N) is 1. The summed E-state index contributed by atoms with van der Waals surface area (Å²) in [4.78, 5) is 0. The van der Waals surface area contributed by atoms with Crippen LogP contribution in [0.2, 0.25) is 0 Å². The first-order chi connectivity index (χ1) is 8.38. The van der Waals surface area contributed by atoms with Gasteiger partial charge in [0.2, 0.25) is 0 Å². The van der Waals surface area contributed by atoms with Gasteiger partial charge in [0, 0.05) is 12.1 Å². The third-order valence-electron chi connectivity index (χ3n) is 2.25. The first-order valence-corrected chi connectivity index (χ1v) is 5.61. The van der Waals surface area contributed by atoms with Crippen molar-refractivity contribution in [2.45, 2.75) is 32.4 Å². The topological polar surface area (TPSA) is 41.5 Å². The van der Waals surface area contributed by atoms with Gasteiger partial charge in [-0.3, -0.25) is 0 Å². The molecule has 0 saturated carbocycles. The summed E-state index contributed by atoms with van der Waals surface area (Å²) in [6.45, 7) is 2.44. The van der Waals surface area contributed by atoms with Crippen LogP contribution in [0.3, 0.4) is 0 Å². The first kappa shape index (κ1) is 14.8. The molecule has 102 valence electrons. The Labute approximate surface area is 104 Å². The van der Waals surface area contributed by atoms with Crippen LogP contribution >= 0.6 is 0 Å². The van der Waals surface area contributed by atoms with E-state index in [-0.39, 0.29) is 12.3 Å². The number of rotatable bonds is 6. The van der Waals surface area contributed by atoms with E-state index in [0.717, 1.165) is 0 Å². The van der Waals surface area contributed by atoms with Crippen molar-refractivity contribution in [1.82, 2.24) is 5.32 Å². The maximum Gasteiger partial charge on any atom is 0.573 e. The van der Waals surface area contributed by atoms with Crippen molar-refractivity contribution in [3.63, 3.8) is 0 Å². The zero-order chi connectivity index (χ0) is 13.6. The highest BCUT2D eigenvalue weighted by Gasteiger charge is 2.31. The third-order valence-corrected chi connectivity index (χ3v) is 2.25. The highest BCUT2D eigenvalue weighted by Crippen LogP contribution is 2.25. The largest absolute Gasteiger partial charge is 0.573 e. The van der Waals surface area contributed by atoms with Crippen molar-refractivity contribution in [2.24, 2.45) is 0 Å². The van der Waals surface area contributed by atoms with E-state index in [1.54, 1.807) is 19.1 Å². The summed E-state index contributed by atoms with van der Waals surface area (Å²) in [5.41, 5.74) is 0.431. The summed E-state index contributed by atoms with van der Waals surface area (Å²) >= 11 is 0. The van der Waals surface area contributed by atoms with Gasteiger partial charge in [-0.1, -0.05) is 18.2 Å². The minimum atomic E-state index is -4.68. The standard InChI is InChI=1S/C12H16F3NO2/c1-9(17)6-7-16-8-10-4-2-3-5-11(10)18-12(13,14)15/h2-5,9,16-17H,6-8H2,1H3. The van der Waals surface area contributed by atoms with Crippen LogP contribution in [0.1, 0.15) is 18.9 Å². The van der Waals surface area contributed by atoms with Crippen LogP contribution in [0.4, 0.5) is 13.2 Å². The van der Waals surface area contributed by atoms with Gasteiger partial charge in [0.25, 0.3) is 0 Å². The Morgan fingerprint density at radius 1 is 1.33 bits per heavy atom. The lowest BCUT2D eigenvalue weighted by Crippen LogP contribution is -2.21. The Hall–Kier alpha value is -1.27. The van der Waals surface area contributed by atoms with E-state index in [4.69, 9.17) is 5.11 Å².